The minimum Gasteiger partial charge on any atom is -0.508 e. The number of benzene rings is 2. The lowest BCUT2D eigenvalue weighted by molar-refractivity contribution is -0.115. The number of anilines is 3. The fourth-order valence-electron chi connectivity index (χ4n) is 2.66. The maximum Gasteiger partial charge on any atom is 0.228 e. The number of aromatic nitrogens is 1. The quantitative estimate of drug-likeness (QED) is 0.542. The molecule has 7 heteroatoms. The van der Waals surface area contributed by atoms with Gasteiger partial charge in [0.25, 0.3) is 0 Å². The van der Waals surface area contributed by atoms with Crippen LogP contribution in [0.4, 0.5) is 17.2 Å². The molecular formula is C21H21N3O4. The second-order valence-corrected chi connectivity index (χ2v) is 5.99. The fraction of sp³-hybridized carbons (Fsp3) is 0.143. The Bertz CT molecular complexity index is 958. The summed E-state index contributed by atoms with van der Waals surface area (Å²) in [5.74, 6) is 1.68. The highest BCUT2D eigenvalue weighted by atomic mass is 16.5. The number of amides is 1. The lowest BCUT2D eigenvalue weighted by Crippen LogP contribution is -2.15. The molecule has 0 unspecified atom stereocenters. The van der Waals surface area contributed by atoms with Crippen LogP contribution in [-0.2, 0) is 11.2 Å². The maximum absolute atomic E-state index is 12.5. The number of rotatable bonds is 7. The molecular weight excluding hydrogens is 358 g/mol. The predicted octanol–water partition coefficient (Wildman–Crippen LogP) is 3.73. The van der Waals surface area contributed by atoms with Gasteiger partial charge < -0.3 is 25.2 Å². The van der Waals surface area contributed by atoms with Crippen molar-refractivity contribution in [3.8, 4) is 17.2 Å². The van der Waals surface area contributed by atoms with E-state index in [1.54, 1.807) is 68.9 Å². The molecule has 0 radical (unpaired) electrons. The van der Waals surface area contributed by atoms with Gasteiger partial charge in [-0.05, 0) is 54.1 Å². The number of hydrogen-bond acceptors (Lipinski definition) is 6. The summed E-state index contributed by atoms with van der Waals surface area (Å²) in [6.45, 7) is 0. The van der Waals surface area contributed by atoms with Crippen molar-refractivity contribution in [2.24, 2.45) is 0 Å². The van der Waals surface area contributed by atoms with Crippen molar-refractivity contribution < 1.29 is 19.4 Å². The van der Waals surface area contributed by atoms with Gasteiger partial charge in [-0.15, -0.1) is 0 Å². The molecule has 0 atom stereocenters. The molecule has 0 aliphatic carbocycles. The van der Waals surface area contributed by atoms with E-state index in [4.69, 9.17) is 9.47 Å². The van der Waals surface area contributed by atoms with E-state index in [2.05, 4.69) is 15.6 Å². The average molecular weight is 379 g/mol. The zero-order valence-electron chi connectivity index (χ0n) is 15.6. The van der Waals surface area contributed by atoms with E-state index in [-0.39, 0.29) is 18.1 Å². The van der Waals surface area contributed by atoms with Crippen molar-refractivity contribution in [3.63, 3.8) is 0 Å². The first-order chi connectivity index (χ1) is 13.6. The summed E-state index contributed by atoms with van der Waals surface area (Å²) in [4.78, 5) is 16.8. The Labute approximate surface area is 163 Å². The van der Waals surface area contributed by atoms with E-state index in [0.29, 0.717) is 23.0 Å². The van der Waals surface area contributed by atoms with Crippen LogP contribution in [0.2, 0.25) is 0 Å². The molecule has 0 saturated heterocycles. The summed E-state index contributed by atoms with van der Waals surface area (Å²) in [5.41, 5.74) is 2.10. The minimum atomic E-state index is -0.186. The lowest BCUT2D eigenvalue weighted by Gasteiger charge is -2.13. The number of nitrogens with one attached hydrogen (secondary N) is 2. The van der Waals surface area contributed by atoms with Gasteiger partial charge in [-0.25, -0.2) is 4.98 Å². The van der Waals surface area contributed by atoms with Crippen LogP contribution >= 0.6 is 0 Å². The number of nitrogens with zero attached hydrogens (tertiary/aromatic N) is 1. The zero-order chi connectivity index (χ0) is 19.9. The van der Waals surface area contributed by atoms with Crippen LogP contribution in [0.15, 0.2) is 60.8 Å². The Morgan fingerprint density at radius 1 is 1.04 bits per heavy atom. The maximum atomic E-state index is 12.5. The van der Waals surface area contributed by atoms with Crippen molar-refractivity contribution >= 4 is 23.1 Å². The van der Waals surface area contributed by atoms with E-state index in [0.717, 1.165) is 11.3 Å². The van der Waals surface area contributed by atoms with E-state index in [1.807, 2.05) is 6.07 Å². The molecule has 0 fully saturated rings. The topological polar surface area (TPSA) is 92.7 Å². The molecule has 1 aromatic heterocycles. The number of hydrogen-bond donors (Lipinski definition) is 3. The highest BCUT2D eigenvalue weighted by molar-refractivity contribution is 5.95. The van der Waals surface area contributed by atoms with E-state index in [1.165, 1.54) is 0 Å². The van der Waals surface area contributed by atoms with Gasteiger partial charge in [-0.2, -0.15) is 0 Å². The third-order valence-electron chi connectivity index (χ3n) is 4.02. The molecule has 0 aliphatic rings. The summed E-state index contributed by atoms with van der Waals surface area (Å²) in [6, 6.07) is 15.5. The second kappa shape index (κ2) is 8.77. The number of pyridine rings is 1. The van der Waals surface area contributed by atoms with E-state index < -0.39 is 0 Å². The molecule has 7 nitrogen and oxygen atoms in total. The Morgan fingerprint density at radius 3 is 2.50 bits per heavy atom. The Kier molecular flexibility index (Phi) is 5.96. The first-order valence-corrected chi connectivity index (χ1v) is 8.61. The van der Waals surface area contributed by atoms with Gasteiger partial charge in [-0.1, -0.05) is 6.07 Å². The summed E-state index contributed by atoms with van der Waals surface area (Å²) < 4.78 is 10.5. The molecule has 0 spiro atoms. The first kappa shape index (κ1) is 19.0. The third kappa shape index (κ3) is 4.70. The zero-order valence-corrected chi connectivity index (χ0v) is 15.6. The van der Waals surface area contributed by atoms with Crippen LogP contribution in [0.5, 0.6) is 17.2 Å². The van der Waals surface area contributed by atoms with E-state index in [9.17, 15) is 9.90 Å². The van der Waals surface area contributed by atoms with Gasteiger partial charge >= 0.3 is 0 Å². The van der Waals surface area contributed by atoms with Crippen LogP contribution in [0, 0.1) is 0 Å². The van der Waals surface area contributed by atoms with Crippen molar-refractivity contribution in [3.05, 3.63) is 66.4 Å². The number of carbonyl (C=O) groups excluding carboxylic acids is 1. The van der Waals surface area contributed by atoms with E-state index >= 15 is 0 Å². The summed E-state index contributed by atoms with van der Waals surface area (Å²) in [6.07, 6.45) is 1.81. The molecule has 2 aromatic carbocycles. The highest BCUT2D eigenvalue weighted by Gasteiger charge is 2.11. The van der Waals surface area contributed by atoms with Crippen LogP contribution in [0.3, 0.4) is 0 Å². The van der Waals surface area contributed by atoms with Crippen LogP contribution in [0.25, 0.3) is 0 Å². The highest BCUT2D eigenvalue weighted by Crippen LogP contribution is 2.28. The number of phenols is 1. The summed E-state index contributed by atoms with van der Waals surface area (Å²) in [7, 11) is 3.12. The molecule has 3 rings (SSSR count). The predicted molar refractivity (Wildman–Crippen MR) is 108 cm³/mol. The van der Waals surface area contributed by atoms with Crippen LogP contribution in [0.1, 0.15) is 5.56 Å². The standard InChI is InChI=1S/C21H21N3O4/c1-27-18-10-5-14(12-19(18)28-2)13-20(26)24-17-4-3-11-22-21(17)23-15-6-8-16(25)9-7-15/h3-12,25H,13H2,1-2H3,(H,22,23)(H,24,26). The van der Waals surface area contributed by atoms with Gasteiger partial charge in [0.2, 0.25) is 5.91 Å². The number of aromatic hydroxyl groups is 1. The lowest BCUT2D eigenvalue weighted by atomic mass is 10.1. The SMILES string of the molecule is COc1ccc(CC(=O)Nc2cccnc2Nc2ccc(O)cc2)cc1OC. The molecule has 3 aromatic rings. The van der Waals surface area contributed by atoms with Crippen molar-refractivity contribution in [2.45, 2.75) is 6.42 Å². The third-order valence-corrected chi connectivity index (χ3v) is 4.02. The normalized spacial score (nSPS) is 10.2. The van der Waals surface area contributed by atoms with Crippen molar-refractivity contribution in [1.82, 2.24) is 4.98 Å². The van der Waals surface area contributed by atoms with Gasteiger partial charge in [-0.3, -0.25) is 4.79 Å². The number of methoxy groups -OCH3 is 2. The van der Waals surface area contributed by atoms with Gasteiger partial charge in [0.05, 0.1) is 26.3 Å². The first-order valence-electron chi connectivity index (χ1n) is 8.61. The van der Waals surface area contributed by atoms with Gasteiger partial charge in [0.15, 0.2) is 17.3 Å². The van der Waals surface area contributed by atoms with Crippen LogP contribution in [-0.4, -0.2) is 30.2 Å². The largest absolute Gasteiger partial charge is 0.508 e. The molecule has 0 bridgehead atoms. The minimum absolute atomic E-state index is 0.175. The molecule has 28 heavy (non-hydrogen) atoms. The van der Waals surface area contributed by atoms with Gasteiger partial charge in [0, 0.05) is 11.9 Å². The Balaban J connectivity index is 1.71. The molecule has 0 aliphatic heterocycles. The molecule has 0 saturated carbocycles. The second-order valence-electron chi connectivity index (χ2n) is 5.99. The summed E-state index contributed by atoms with van der Waals surface area (Å²) in [5, 5.41) is 15.4. The molecule has 1 heterocycles. The Morgan fingerprint density at radius 2 is 1.79 bits per heavy atom. The molecule has 144 valence electrons. The molecule has 1 amide bonds. The fourth-order valence-corrected chi connectivity index (χ4v) is 2.66. The van der Waals surface area contributed by atoms with Crippen molar-refractivity contribution in [2.75, 3.05) is 24.9 Å². The number of phenolic OH excluding ortho intramolecular Hbond substituents is 1. The number of ether oxygens (including phenoxy) is 2. The number of carbonyl (C=O) groups is 1. The smallest absolute Gasteiger partial charge is 0.228 e. The van der Waals surface area contributed by atoms with Gasteiger partial charge in [0.1, 0.15) is 5.75 Å². The molecule has 3 N–H and O–H groups in total. The van der Waals surface area contributed by atoms with Crippen molar-refractivity contribution in [1.29, 1.82) is 0 Å². The summed E-state index contributed by atoms with van der Waals surface area (Å²) >= 11 is 0. The average Bonchev–Trinajstić information content (AvgIpc) is 2.71. The Hall–Kier alpha value is -3.74. The monoisotopic (exact) mass is 379 g/mol. The van der Waals surface area contributed by atoms with Crippen LogP contribution < -0.4 is 20.1 Å².